The van der Waals surface area contributed by atoms with Crippen LogP contribution in [0.1, 0.15) is 31.2 Å². The first-order valence-electron chi connectivity index (χ1n) is 8.12. The number of likely N-dealkylation sites (tertiary alicyclic amines) is 1. The van der Waals surface area contributed by atoms with Gasteiger partial charge in [0.05, 0.1) is 6.54 Å². The summed E-state index contributed by atoms with van der Waals surface area (Å²) in [5.41, 5.74) is 0.504. The van der Waals surface area contributed by atoms with E-state index in [1.165, 1.54) is 6.07 Å². The molecular weight excluding hydrogens is 297 g/mol. The van der Waals surface area contributed by atoms with Gasteiger partial charge in [-0.15, -0.1) is 0 Å². The average molecular weight is 319 g/mol. The molecule has 1 aromatic carbocycles. The molecule has 124 valence electrons. The van der Waals surface area contributed by atoms with Crippen molar-refractivity contribution in [1.82, 2.24) is 15.1 Å². The van der Waals surface area contributed by atoms with Crippen LogP contribution >= 0.6 is 0 Å². The summed E-state index contributed by atoms with van der Waals surface area (Å²) in [5.74, 6) is -0.362. The molecule has 0 bridgehead atoms. The molecule has 1 aromatic rings. The molecule has 0 radical (unpaired) electrons. The van der Waals surface area contributed by atoms with Gasteiger partial charge in [-0.2, -0.15) is 0 Å². The quantitative estimate of drug-likeness (QED) is 0.924. The fourth-order valence-electron chi connectivity index (χ4n) is 3.06. The van der Waals surface area contributed by atoms with Crippen LogP contribution in [0.2, 0.25) is 0 Å². The van der Waals surface area contributed by atoms with Gasteiger partial charge in [0.15, 0.2) is 0 Å². The van der Waals surface area contributed by atoms with E-state index >= 15 is 0 Å². The number of urea groups is 1. The second-order valence-corrected chi connectivity index (χ2v) is 6.35. The Labute approximate surface area is 135 Å². The number of carbonyl (C=O) groups is 2. The molecule has 1 atom stereocenters. The molecule has 3 amide bonds. The number of nitrogens with zero attached hydrogens (tertiary/aromatic N) is 2. The number of nitrogens with one attached hydrogen (secondary N) is 1. The van der Waals surface area contributed by atoms with Crippen molar-refractivity contribution in [2.45, 2.75) is 44.3 Å². The molecule has 2 fully saturated rings. The van der Waals surface area contributed by atoms with Gasteiger partial charge < -0.3 is 15.1 Å². The maximum absolute atomic E-state index is 13.9. The molecule has 1 saturated heterocycles. The van der Waals surface area contributed by atoms with Gasteiger partial charge in [0, 0.05) is 25.2 Å². The molecule has 1 heterocycles. The Balaban J connectivity index is 1.70. The number of halogens is 1. The molecule has 6 heteroatoms. The molecule has 1 aliphatic carbocycles. The minimum atomic E-state index is -0.462. The first-order valence-corrected chi connectivity index (χ1v) is 8.12. The van der Waals surface area contributed by atoms with Crippen LogP contribution in [0, 0.1) is 5.82 Å². The number of hydrogen-bond donors (Lipinski definition) is 1. The van der Waals surface area contributed by atoms with Crippen LogP contribution in [0.4, 0.5) is 9.18 Å². The third kappa shape index (κ3) is 3.30. The standard InChI is InChI=1S/C17H22FN3O2/c1-20-10-9-15(16(20)22)19-17(23)21(13-6-4-7-13)11-12-5-2-3-8-14(12)18/h2-3,5,8,13,15H,4,6-7,9-11H2,1H3,(H,19,23)/t15-/m1/s1. The van der Waals surface area contributed by atoms with Gasteiger partial charge in [0.2, 0.25) is 5.91 Å². The van der Waals surface area contributed by atoms with Crippen LogP contribution in [0.25, 0.3) is 0 Å². The Morgan fingerprint density at radius 1 is 1.35 bits per heavy atom. The summed E-state index contributed by atoms with van der Waals surface area (Å²) in [7, 11) is 1.73. The predicted molar refractivity (Wildman–Crippen MR) is 84.2 cm³/mol. The summed E-state index contributed by atoms with van der Waals surface area (Å²) >= 11 is 0. The minimum Gasteiger partial charge on any atom is -0.344 e. The topological polar surface area (TPSA) is 52.7 Å². The average Bonchev–Trinajstić information content (AvgIpc) is 2.79. The highest BCUT2D eigenvalue weighted by Gasteiger charge is 2.34. The van der Waals surface area contributed by atoms with Crippen LogP contribution in [-0.4, -0.2) is 47.4 Å². The van der Waals surface area contributed by atoms with Crippen LogP contribution in [0.3, 0.4) is 0 Å². The first kappa shape index (κ1) is 15.8. The molecular formula is C17H22FN3O2. The van der Waals surface area contributed by atoms with E-state index in [9.17, 15) is 14.0 Å². The predicted octanol–water partition coefficient (Wildman–Crippen LogP) is 2.12. The fraction of sp³-hybridized carbons (Fsp3) is 0.529. The van der Waals surface area contributed by atoms with E-state index in [0.717, 1.165) is 19.3 Å². The van der Waals surface area contributed by atoms with Gasteiger partial charge in [-0.1, -0.05) is 18.2 Å². The number of amides is 3. The number of rotatable bonds is 4. The summed E-state index contributed by atoms with van der Waals surface area (Å²) in [6.45, 7) is 0.889. The highest BCUT2D eigenvalue weighted by molar-refractivity contribution is 5.88. The van der Waals surface area contributed by atoms with E-state index in [2.05, 4.69) is 5.32 Å². The van der Waals surface area contributed by atoms with Gasteiger partial charge >= 0.3 is 6.03 Å². The van der Waals surface area contributed by atoms with Crippen LogP contribution in [0.15, 0.2) is 24.3 Å². The van der Waals surface area contributed by atoms with Crippen LogP contribution in [0.5, 0.6) is 0 Å². The van der Waals surface area contributed by atoms with Crippen molar-refractivity contribution < 1.29 is 14.0 Å². The highest BCUT2D eigenvalue weighted by atomic mass is 19.1. The molecule has 0 aromatic heterocycles. The Bertz CT molecular complexity index is 603. The molecule has 5 nitrogen and oxygen atoms in total. The van der Waals surface area contributed by atoms with E-state index in [1.807, 2.05) is 0 Å². The number of likely N-dealkylation sites (N-methyl/N-ethyl adjacent to an activating group) is 1. The van der Waals surface area contributed by atoms with E-state index < -0.39 is 6.04 Å². The van der Waals surface area contributed by atoms with Gasteiger partial charge in [0.1, 0.15) is 11.9 Å². The van der Waals surface area contributed by atoms with E-state index in [4.69, 9.17) is 0 Å². The van der Waals surface area contributed by atoms with Gasteiger partial charge in [-0.05, 0) is 31.7 Å². The second kappa shape index (κ2) is 6.56. The Kier molecular flexibility index (Phi) is 4.50. The lowest BCUT2D eigenvalue weighted by atomic mass is 9.91. The van der Waals surface area contributed by atoms with Crippen LogP contribution in [-0.2, 0) is 11.3 Å². The van der Waals surface area contributed by atoms with E-state index in [-0.39, 0.29) is 30.3 Å². The lowest BCUT2D eigenvalue weighted by Gasteiger charge is -2.38. The van der Waals surface area contributed by atoms with Crippen molar-refractivity contribution in [1.29, 1.82) is 0 Å². The number of hydrogen-bond acceptors (Lipinski definition) is 2. The number of carbonyl (C=O) groups excluding carboxylic acids is 2. The molecule has 1 aliphatic heterocycles. The second-order valence-electron chi connectivity index (χ2n) is 6.35. The minimum absolute atomic E-state index is 0.0576. The molecule has 23 heavy (non-hydrogen) atoms. The molecule has 0 unspecified atom stereocenters. The third-order valence-electron chi connectivity index (χ3n) is 4.80. The summed E-state index contributed by atoms with van der Waals surface area (Å²) in [4.78, 5) is 27.9. The van der Waals surface area contributed by atoms with Crippen molar-refractivity contribution in [3.8, 4) is 0 Å². The summed E-state index contributed by atoms with van der Waals surface area (Å²) in [6, 6.07) is 5.90. The first-order chi connectivity index (χ1) is 11.1. The Hall–Kier alpha value is -2.11. The zero-order valence-corrected chi connectivity index (χ0v) is 13.3. The van der Waals surface area contributed by atoms with Crippen molar-refractivity contribution >= 4 is 11.9 Å². The SMILES string of the molecule is CN1CC[C@@H](NC(=O)N(Cc2ccccc2F)C2CCC2)C1=O. The molecule has 1 N–H and O–H groups in total. The smallest absolute Gasteiger partial charge is 0.318 e. The normalized spacial score (nSPS) is 21.2. The van der Waals surface area contributed by atoms with Crippen molar-refractivity contribution in [3.63, 3.8) is 0 Å². The monoisotopic (exact) mass is 319 g/mol. The zero-order chi connectivity index (χ0) is 16.4. The molecule has 3 rings (SSSR count). The van der Waals surface area contributed by atoms with Crippen molar-refractivity contribution in [2.24, 2.45) is 0 Å². The Morgan fingerprint density at radius 2 is 2.09 bits per heavy atom. The summed E-state index contributed by atoms with van der Waals surface area (Å²) in [5, 5.41) is 2.82. The molecule has 2 aliphatic rings. The summed E-state index contributed by atoms with van der Waals surface area (Å²) in [6.07, 6.45) is 3.57. The lowest BCUT2D eigenvalue weighted by Crippen LogP contribution is -2.52. The van der Waals surface area contributed by atoms with Gasteiger partial charge in [-0.3, -0.25) is 4.79 Å². The van der Waals surface area contributed by atoms with Gasteiger partial charge in [-0.25, -0.2) is 9.18 Å². The lowest BCUT2D eigenvalue weighted by molar-refractivity contribution is -0.128. The number of benzene rings is 1. The van der Waals surface area contributed by atoms with E-state index in [1.54, 1.807) is 35.0 Å². The van der Waals surface area contributed by atoms with Gasteiger partial charge in [0.25, 0.3) is 0 Å². The zero-order valence-electron chi connectivity index (χ0n) is 13.3. The molecule has 1 saturated carbocycles. The van der Waals surface area contributed by atoms with Crippen molar-refractivity contribution in [3.05, 3.63) is 35.6 Å². The maximum atomic E-state index is 13.9. The molecule has 0 spiro atoms. The highest BCUT2D eigenvalue weighted by Crippen LogP contribution is 2.27. The Morgan fingerprint density at radius 3 is 2.65 bits per heavy atom. The van der Waals surface area contributed by atoms with Crippen molar-refractivity contribution in [2.75, 3.05) is 13.6 Å². The van der Waals surface area contributed by atoms with E-state index in [0.29, 0.717) is 18.5 Å². The summed E-state index contributed by atoms with van der Waals surface area (Å²) < 4.78 is 13.9. The largest absolute Gasteiger partial charge is 0.344 e. The third-order valence-corrected chi connectivity index (χ3v) is 4.80. The maximum Gasteiger partial charge on any atom is 0.318 e. The fourth-order valence-corrected chi connectivity index (χ4v) is 3.06. The van der Waals surface area contributed by atoms with Crippen LogP contribution < -0.4 is 5.32 Å².